The van der Waals surface area contributed by atoms with Crippen LogP contribution in [0.3, 0.4) is 0 Å². The van der Waals surface area contributed by atoms with Crippen LogP contribution in [0.1, 0.15) is 93.2 Å². The highest BCUT2D eigenvalue weighted by molar-refractivity contribution is 5.34. The van der Waals surface area contributed by atoms with E-state index in [-0.39, 0.29) is 23.4 Å². The molecule has 1 saturated carbocycles. The van der Waals surface area contributed by atoms with Crippen molar-refractivity contribution in [2.24, 2.45) is 0 Å². The molecule has 0 aromatic heterocycles. The van der Waals surface area contributed by atoms with Gasteiger partial charge in [0.2, 0.25) is 5.82 Å². The lowest BCUT2D eigenvalue weighted by atomic mass is 9.76. The van der Waals surface area contributed by atoms with Crippen molar-refractivity contribution < 1.29 is 17.9 Å². The lowest BCUT2D eigenvalue weighted by molar-refractivity contribution is 0.283. The van der Waals surface area contributed by atoms with Gasteiger partial charge in [-0.1, -0.05) is 50.8 Å². The van der Waals surface area contributed by atoms with Crippen LogP contribution in [0.2, 0.25) is 0 Å². The normalized spacial score (nSPS) is 19.1. The first-order valence-electron chi connectivity index (χ1n) is 11.4. The van der Waals surface area contributed by atoms with Gasteiger partial charge in [0, 0.05) is 0 Å². The molecular weight excluding hydrogens is 385 g/mol. The molecule has 1 aliphatic carbocycles. The number of hydrogen-bond donors (Lipinski definition) is 0. The maximum Gasteiger partial charge on any atom is 0.200 e. The number of halogens is 3. The van der Waals surface area contributed by atoms with Crippen LogP contribution in [0.25, 0.3) is 0 Å². The molecule has 1 nitrogen and oxygen atoms in total. The van der Waals surface area contributed by atoms with Gasteiger partial charge in [-0.3, -0.25) is 0 Å². The van der Waals surface area contributed by atoms with E-state index >= 15 is 0 Å². The molecule has 1 aliphatic rings. The predicted octanol–water partition coefficient (Wildman–Crippen LogP) is 8.20. The summed E-state index contributed by atoms with van der Waals surface area (Å²) in [4.78, 5) is 0. The molecule has 1 fully saturated rings. The molecule has 0 unspecified atom stereocenters. The average Bonchev–Trinajstić information content (AvgIpc) is 2.74. The minimum absolute atomic E-state index is 0.00199. The van der Waals surface area contributed by atoms with Gasteiger partial charge in [-0.05, 0) is 79.7 Å². The Balaban J connectivity index is 1.57. The topological polar surface area (TPSA) is 9.23 Å². The van der Waals surface area contributed by atoms with Gasteiger partial charge in [-0.15, -0.1) is 0 Å². The predicted molar refractivity (Wildman–Crippen MR) is 116 cm³/mol. The summed E-state index contributed by atoms with van der Waals surface area (Å²) in [5.41, 5.74) is 2.07. The smallest absolute Gasteiger partial charge is 0.200 e. The Labute approximate surface area is 178 Å². The molecule has 0 saturated heterocycles. The van der Waals surface area contributed by atoms with Crippen molar-refractivity contribution in [3.05, 3.63) is 64.5 Å². The molecule has 0 atom stereocenters. The fraction of sp³-hybridized carbons (Fsp3) is 0.538. The Bertz CT molecular complexity index is 825. The Hall–Kier alpha value is -1.97. The zero-order chi connectivity index (χ0) is 21.5. The van der Waals surface area contributed by atoms with E-state index in [0.717, 1.165) is 56.1 Å². The van der Waals surface area contributed by atoms with Crippen LogP contribution in [0.5, 0.6) is 5.75 Å². The summed E-state index contributed by atoms with van der Waals surface area (Å²) in [7, 11) is 0. The van der Waals surface area contributed by atoms with Gasteiger partial charge in [-0.25, -0.2) is 8.78 Å². The molecule has 0 aliphatic heterocycles. The summed E-state index contributed by atoms with van der Waals surface area (Å²) < 4.78 is 49.0. The summed E-state index contributed by atoms with van der Waals surface area (Å²) in [6, 6.07) is 8.60. The molecule has 0 heterocycles. The first kappa shape index (κ1) is 22.7. The highest BCUT2D eigenvalue weighted by Gasteiger charge is 2.28. The second kappa shape index (κ2) is 10.9. The summed E-state index contributed by atoms with van der Waals surface area (Å²) in [5.74, 6) is -1.72. The van der Waals surface area contributed by atoms with Crippen molar-refractivity contribution >= 4 is 0 Å². The minimum Gasteiger partial charge on any atom is -0.490 e. The molecule has 0 radical (unpaired) electrons. The number of unbranched alkanes of at least 4 members (excludes halogenated alkanes) is 4. The third kappa shape index (κ3) is 5.59. The molecule has 2 aromatic carbocycles. The summed E-state index contributed by atoms with van der Waals surface area (Å²) in [5, 5.41) is 0. The number of hydrogen-bond acceptors (Lipinski definition) is 1. The summed E-state index contributed by atoms with van der Waals surface area (Å²) in [6.07, 6.45) is 8.41. The molecule has 2 aromatic rings. The monoisotopic (exact) mass is 418 g/mol. The molecule has 3 rings (SSSR count). The minimum atomic E-state index is -0.882. The SMILES string of the molecule is CCCCCCCOc1ccc(C2CCC(c3ccc(C)cc3F)CC2)c(F)c1F. The van der Waals surface area contributed by atoms with Crippen molar-refractivity contribution in [3.63, 3.8) is 0 Å². The van der Waals surface area contributed by atoms with Crippen LogP contribution in [-0.2, 0) is 0 Å². The Morgan fingerprint density at radius 1 is 0.800 bits per heavy atom. The van der Waals surface area contributed by atoms with E-state index in [2.05, 4.69) is 6.92 Å². The third-order valence-corrected chi connectivity index (χ3v) is 6.34. The number of aryl methyl sites for hydroxylation is 1. The van der Waals surface area contributed by atoms with Crippen molar-refractivity contribution in [2.45, 2.75) is 83.5 Å². The average molecular weight is 419 g/mol. The quantitative estimate of drug-likeness (QED) is 0.373. The number of ether oxygens (including phenoxy) is 1. The van der Waals surface area contributed by atoms with E-state index in [4.69, 9.17) is 4.74 Å². The summed E-state index contributed by atoms with van der Waals surface area (Å²) in [6.45, 7) is 4.44. The molecule has 0 amide bonds. The van der Waals surface area contributed by atoms with E-state index in [9.17, 15) is 13.2 Å². The van der Waals surface area contributed by atoms with Gasteiger partial charge in [0.05, 0.1) is 6.61 Å². The lowest BCUT2D eigenvalue weighted by Gasteiger charge is -2.29. The third-order valence-electron chi connectivity index (χ3n) is 6.34. The van der Waals surface area contributed by atoms with E-state index in [1.54, 1.807) is 18.2 Å². The molecule has 0 N–H and O–H groups in total. The molecule has 0 spiro atoms. The highest BCUT2D eigenvalue weighted by Crippen LogP contribution is 2.42. The van der Waals surface area contributed by atoms with Crippen LogP contribution in [-0.4, -0.2) is 6.61 Å². The van der Waals surface area contributed by atoms with Crippen molar-refractivity contribution in [1.29, 1.82) is 0 Å². The lowest BCUT2D eigenvalue weighted by Crippen LogP contribution is -2.15. The van der Waals surface area contributed by atoms with Gasteiger partial charge in [0.15, 0.2) is 11.6 Å². The first-order chi connectivity index (χ1) is 14.5. The van der Waals surface area contributed by atoms with Crippen molar-refractivity contribution in [3.8, 4) is 5.75 Å². The highest BCUT2D eigenvalue weighted by atomic mass is 19.2. The van der Waals surface area contributed by atoms with E-state index in [0.29, 0.717) is 12.2 Å². The van der Waals surface area contributed by atoms with Gasteiger partial charge in [0.1, 0.15) is 5.82 Å². The van der Waals surface area contributed by atoms with E-state index < -0.39 is 11.6 Å². The Morgan fingerprint density at radius 2 is 1.43 bits per heavy atom. The van der Waals surface area contributed by atoms with Crippen LogP contribution in [0.4, 0.5) is 13.2 Å². The second-order valence-electron chi connectivity index (χ2n) is 8.62. The van der Waals surface area contributed by atoms with Crippen LogP contribution in [0, 0.1) is 24.4 Å². The van der Waals surface area contributed by atoms with Crippen LogP contribution in [0.15, 0.2) is 30.3 Å². The fourth-order valence-corrected chi connectivity index (χ4v) is 4.54. The second-order valence-corrected chi connectivity index (χ2v) is 8.62. The molecular formula is C26H33F3O. The molecule has 164 valence electrons. The van der Waals surface area contributed by atoms with Gasteiger partial charge in [0.25, 0.3) is 0 Å². The maximum atomic E-state index is 14.7. The zero-order valence-electron chi connectivity index (χ0n) is 18.2. The Kier molecular flexibility index (Phi) is 8.24. The van der Waals surface area contributed by atoms with Crippen molar-refractivity contribution in [1.82, 2.24) is 0 Å². The zero-order valence-corrected chi connectivity index (χ0v) is 18.2. The van der Waals surface area contributed by atoms with Gasteiger partial charge >= 0.3 is 0 Å². The van der Waals surface area contributed by atoms with E-state index in [1.807, 2.05) is 19.1 Å². The van der Waals surface area contributed by atoms with Crippen molar-refractivity contribution in [2.75, 3.05) is 6.61 Å². The summed E-state index contributed by atoms with van der Waals surface area (Å²) >= 11 is 0. The molecule has 30 heavy (non-hydrogen) atoms. The number of rotatable bonds is 9. The first-order valence-corrected chi connectivity index (χ1v) is 11.4. The van der Waals surface area contributed by atoms with Gasteiger partial charge < -0.3 is 4.74 Å². The fourth-order valence-electron chi connectivity index (χ4n) is 4.54. The maximum absolute atomic E-state index is 14.7. The van der Waals surface area contributed by atoms with E-state index in [1.165, 1.54) is 12.8 Å². The Morgan fingerprint density at radius 3 is 2.10 bits per heavy atom. The molecule has 0 bridgehead atoms. The largest absolute Gasteiger partial charge is 0.490 e. The van der Waals surface area contributed by atoms with Crippen LogP contribution < -0.4 is 4.74 Å². The molecule has 4 heteroatoms. The van der Waals surface area contributed by atoms with Gasteiger partial charge in [-0.2, -0.15) is 4.39 Å². The van der Waals surface area contributed by atoms with Crippen LogP contribution >= 0.6 is 0 Å². The number of benzene rings is 2. The standard InChI is InChI=1S/C26H33F3O/c1-3-4-5-6-7-16-30-24-15-14-22(25(28)26(24)29)20-11-9-19(10-12-20)21-13-8-18(2)17-23(21)27/h8,13-15,17,19-20H,3-7,9-12,16H2,1-2H3.